The van der Waals surface area contributed by atoms with Crippen molar-refractivity contribution in [2.75, 3.05) is 43.4 Å². The maximum Gasteiger partial charge on any atom is 0.225 e. The number of anilines is 2. The van der Waals surface area contributed by atoms with Gasteiger partial charge in [-0.2, -0.15) is 14.6 Å². The monoisotopic (exact) mass is 570 g/mol. The van der Waals surface area contributed by atoms with Gasteiger partial charge in [0.1, 0.15) is 11.5 Å². The first-order valence-corrected chi connectivity index (χ1v) is 14.2. The van der Waals surface area contributed by atoms with E-state index in [0.29, 0.717) is 35.0 Å². The summed E-state index contributed by atoms with van der Waals surface area (Å²) in [5, 5.41) is 12.9. The van der Waals surface area contributed by atoms with Crippen LogP contribution in [0.25, 0.3) is 39.5 Å². The zero-order valence-electron chi connectivity index (χ0n) is 22.6. The van der Waals surface area contributed by atoms with Crippen LogP contribution in [0.3, 0.4) is 0 Å². The number of rotatable bonds is 6. The van der Waals surface area contributed by atoms with E-state index in [1.165, 1.54) is 10.6 Å². The highest BCUT2D eigenvalue weighted by Crippen LogP contribution is 2.29. The molecule has 0 spiro atoms. The van der Waals surface area contributed by atoms with E-state index in [0.717, 1.165) is 60.1 Å². The van der Waals surface area contributed by atoms with Gasteiger partial charge in [0, 0.05) is 56.1 Å². The van der Waals surface area contributed by atoms with Gasteiger partial charge in [0.2, 0.25) is 11.8 Å². The molecular formula is C27H27FN12S. The third kappa shape index (κ3) is 4.64. The van der Waals surface area contributed by atoms with Gasteiger partial charge in [-0.1, -0.05) is 0 Å². The normalized spacial score (nSPS) is 14.5. The molecule has 1 fully saturated rings. The highest BCUT2D eigenvalue weighted by Gasteiger charge is 2.22. The Labute approximate surface area is 238 Å². The highest BCUT2D eigenvalue weighted by molar-refractivity contribution is 7.09. The summed E-state index contributed by atoms with van der Waals surface area (Å²) in [5.41, 5.74) is 11.3. The zero-order chi connectivity index (χ0) is 28.1. The van der Waals surface area contributed by atoms with Crippen LogP contribution in [0, 0.1) is 19.7 Å². The molecule has 0 radical (unpaired) electrons. The van der Waals surface area contributed by atoms with Crippen LogP contribution in [-0.4, -0.2) is 81.9 Å². The van der Waals surface area contributed by atoms with Gasteiger partial charge in [-0.05, 0) is 32.0 Å². The molecule has 0 amide bonds. The lowest BCUT2D eigenvalue weighted by molar-refractivity contribution is 0.245. The second-order valence-electron chi connectivity index (χ2n) is 9.98. The first-order valence-electron chi connectivity index (χ1n) is 13.3. The number of hydrogen-bond donors (Lipinski definition) is 1. The molecule has 6 aromatic rings. The van der Waals surface area contributed by atoms with Gasteiger partial charge in [0.25, 0.3) is 0 Å². The minimum Gasteiger partial charge on any atom is -0.368 e. The molecule has 0 unspecified atom stereocenters. The summed E-state index contributed by atoms with van der Waals surface area (Å²) in [6, 6.07) is 5.24. The minimum atomic E-state index is -0.210. The van der Waals surface area contributed by atoms with Crippen molar-refractivity contribution >= 4 is 39.7 Å². The third-order valence-corrected chi connectivity index (χ3v) is 8.17. The van der Waals surface area contributed by atoms with Crippen LogP contribution >= 0.6 is 11.3 Å². The van der Waals surface area contributed by atoms with Crippen LogP contribution in [0.5, 0.6) is 0 Å². The van der Waals surface area contributed by atoms with Gasteiger partial charge in [0.05, 0.1) is 40.2 Å². The van der Waals surface area contributed by atoms with Gasteiger partial charge < -0.3 is 10.6 Å². The predicted octanol–water partition coefficient (Wildman–Crippen LogP) is 3.21. The molecule has 1 saturated heterocycles. The number of aryl methyl sites for hydroxylation is 2. The first kappa shape index (κ1) is 25.4. The molecule has 1 aliphatic heterocycles. The smallest absolute Gasteiger partial charge is 0.225 e. The van der Waals surface area contributed by atoms with Crippen molar-refractivity contribution in [2.45, 2.75) is 20.4 Å². The molecule has 1 aliphatic rings. The topological polar surface area (TPSA) is 132 Å². The third-order valence-electron chi connectivity index (χ3n) is 7.39. The van der Waals surface area contributed by atoms with E-state index >= 15 is 0 Å². The van der Waals surface area contributed by atoms with E-state index in [1.54, 1.807) is 36.0 Å². The van der Waals surface area contributed by atoms with Crippen LogP contribution in [-0.2, 0) is 6.54 Å². The molecule has 0 aliphatic carbocycles. The van der Waals surface area contributed by atoms with E-state index in [9.17, 15) is 4.39 Å². The second kappa shape index (κ2) is 10.1. The van der Waals surface area contributed by atoms with Crippen molar-refractivity contribution in [2.24, 2.45) is 0 Å². The molecule has 14 heteroatoms. The fraction of sp³-hybridized carbons (Fsp3) is 0.296. The van der Waals surface area contributed by atoms with Crippen LogP contribution in [0.2, 0.25) is 0 Å². The van der Waals surface area contributed by atoms with Gasteiger partial charge in [0.15, 0.2) is 11.3 Å². The van der Waals surface area contributed by atoms with Crippen molar-refractivity contribution in [3.8, 4) is 22.8 Å². The molecule has 6 heterocycles. The number of nitrogen functional groups attached to an aromatic ring is 1. The Balaban J connectivity index is 1.05. The summed E-state index contributed by atoms with van der Waals surface area (Å²) in [6.45, 7) is 8.31. The van der Waals surface area contributed by atoms with E-state index < -0.39 is 0 Å². The Morgan fingerprint density at radius 1 is 0.976 bits per heavy atom. The fourth-order valence-electron chi connectivity index (χ4n) is 5.21. The lowest BCUT2D eigenvalue weighted by Gasteiger charge is -2.36. The number of piperazine rings is 1. The van der Waals surface area contributed by atoms with Crippen molar-refractivity contribution in [1.29, 1.82) is 0 Å². The molecule has 12 nitrogen and oxygen atoms in total. The lowest BCUT2D eigenvalue weighted by atomic mass is 10.1. The Morgan fingerprint density at radius 2 is 1.80 bits per heavy atom. The number of thiazole rings is 1. The summed E-state index contributed by atoms with van der Waals surface area (Å²) in [4.78, 5) is 26.9. The minimum absolute atomic E-state index is 0.210. The summed E-state index contributed by atoms with van der Waals surface area (Å²) >= 11 is 1.60. The molecule has 0 saturated carbocycles. The maximum absolute atomic E-state index is 14.8. The molecule has 2 N–H and O–H groups in total. The number of nitrogens with zero attached hydrogens (tertiary/aromatic N) is 11. The average molecular weight is 571 g/mol. The summed E-state index contributed by atoms with van der Waals surface area (Å²) < 4.78 is 18.2. The fourth-order valence-corrected chi connectivity index (χ4v) is 5.83. The molecule has 1 aromatic carbocycles. The zero-order valence-corrected chi connectivity index (χ0v) is 23.4. The molecule has 7 rings (SSSR count). The summed E-state index contributed by atoms with van der Waals surface area (Å²) in [6.07, 6.45) is 4.99. The van der Waals surface area contributed by atoms with Crippen molar-refractivity contribution in [3.05, 3.63) is 58.7 Å². The lowest BCUT2D eigenvalue weighted by Crippen LogP contribution is -2.47. The summed E-state index contributed by atoms with van der Waals surface area (Å²) in [5.74, 6) is 0.448. The largest absolute Gasteiger partial charge is 0.368 e. The SMILES string of the molecule is Cc1nc(-c2ccc(F)c(N3CCN(CCn4ncc5c4nc(N)n4nc(-c6nccnc6C)nc54)CC3)c2)cs1. The number of fused-ring (bicyclic) bond motifs is 3. The van der Waals surface area contributed by atoms with E-state index in [2.05, 4.69) is 39.9 Å². The average Bonchev–Trinajstić information content (AvgIpc) is 3.72. The van der Waals surface area contributed by atoms with Crippen LogP contribution in [0.4, 0.5) is 16.0 Å². The number of hydrogen-bond acceptors (Lipinski definition) is 11. The highest BCUT2D eigenvalue weighted by atomic mass is 32.1. The molecule has 0 atom stereocenters. The van der Waals surface area contributed by atoms with Crippen LogP contribution < -0.4 is 10.6 Å². The quantitative estimate of drug-likeness (QED) is 0.318. The van der Waals surface area contributed by atoms with E-state index in [1.807, 2.05) is 30.0 Å². The number of halogens is 1. The van der Waals surface area contributed by atoms with Crippen molar-refractivity contribution in [3.63, 3.8) is 0 Å². The predicted molar refractivity (Wildman–Crippen MR) is 155 cm³/mol. The molecular weight excluding hydrogens is 543 g/mol. The van der Waals surface area contributed by atoms with Gasteiger partial charge in [-0.25, -0.2) is 24.0 Å². The first-order chi connectivity index (χ1) is 19.9. The molecule has 41 heavy (non-hydrogen) atoms. The van der Waals surface area contributed by atoms with E-state index in [4.69, 9.17) is 10.7 Å². The molecule has 0 bridgehead atoms. The molecule has 5 aromatic heterocycles. The summed E-state index contributed by atoms with van der Waals surface area (Å²) in [7, 11) is 0. The van der Waals surface area contributed by atoms with Crippen molar-refractivity contribution in [1.82, 2.24) is 49.2 Å². The number of nitrogens with two attached hydrogens (primary N) is 1. The maximum atomic E-state index is 14.8. The Hall–Kier alpha value is -4.56. The second-order valence-corrected chi connectivity index (χ2v) is 11.0. The van der Waals surface area contributed by atoms with Gasteiger partial charge >= 0.3 is 0 Å². The van der Waals surface area contributed by atoms with E-state index in [-0.39, 0.29) is 11.8 Å². The Kier molecular flexibility index (Phi) is 6.27. The molecule has 208 valence electrons. The van der Waals surface area contributed by atoms with Gasteiger partial charge in [-0.15, -0.1) is 16.4 Å². The van der Waals surface area contributed by atoms with Gasteiger partial charge in [-0.3, -0.25) is 9.88 Å². The number of aromatic nitrogens is 9. The van der Waals surface area contributed by atoms with Crippen LogP contribution in [0.1, 0.15) is 10.7 Å². The van der Waals surface area contributed by atoms with Crippen LogP contribution in [0.15, 0.2) is 42.2 Å². The number of benzene rings is 1. The Morgan fingerprint density at radius 3 is 2.59 bits per heavy atom. The Bertz CT molecular complexity index is 1880. The van der Waals surface area contributed by atoms with Crippen molar-refractivity contribution < 1.29 is 4.39 Å². The standard InChI is InChI=1S/C27H27FN12S/c1-16-23(31-6-5-30-16)24-34-26-19-14-32-39(25(19)35-27(29)40(26)36-24)12-9-37-7-10-38(11-8-37)22-13-18(3-4-20(22)28)21-15-41-17(2)33-21/h3-6,13-15H,7-12H2,1-2H3,(H2,29,35).